The molecule has 7 heteroatoms. The van der Waals surface area contributed by atoms with Crippen molar-refractivity contribution in [2.75, 3.05) is 44.1 Å². The van der Waals surface area contributed by atoms with Crippen molar-refractivity contribution < 1.29 is 14.6 Å². The summed E-state index contributed by atoms with van der Waals surface area (Å²) in [6.45, 7) is 2.87. The minimum atomic E-state index is -0.900. The fourth-order valence-corrected chi connectivity index (χ4v) is 1.40. The zero-order valence-corrected chi connectivity index (χ0v) is 10.8. The predicted octanol–water partition coefficient (Wildman–Crippen LogP) is 0.364. The van der Waals surface area contributed by atoms with Crippen LogP contribution in [0.15, 0.2) is 6.07 Å². The maximum absolute atomic E-state index is 10.6. The number of hydrogen-bond donors (Lipinski definition) is 2. The molecule has 0 fully saturated rings. The standard InChI is InChI=1S/C11H18N4O3/c1-8-13-9(12-4-5-18-3)6-10(14-8)15(2)7-11(16)17/h6H,4-5,7H2,1-3H3,(H,16,17)(H,12,13,14). The molecule has 0 aromatic carbocycles. The summed E-state index contributed by atoms with van der Waals surface area (Å²) in [4.78, 5) is 20.6. The van der Waals surface area contributed by atoms with E-state index < -0.39 is 5.97 Å². The van der Waals surface area contributed by atoms with E-state index in [0.29, 0.717) is 30.6 Å². The number of carbonyl (C=O) groups is 1. The lowest BCUT2D eigenvalue weighted by Gasteiger charge is -2.17. The van der Waals surface area contributed by atoms with Crippen LogP contribution >= 0.6 is 0 Å². The van der Waals surface area contributed by atoms with E-state index in [1.165, 1.54) is 0 Å². The monoisotopic (exact) mass is 254 g/mol. The number of rotatable bonds is 7. The first-order chi connectivity index (χ1) is 8.52. The highest BCUT2D eigenvalue weighted by Gasteiger charge is 2.09. The Morgan fingerprint density at radius 1 is 1.56 bits per heavy atom. The normalized spacial score (nSPS) is 10.2. The minimum absolute atomic E-state index is 0.103. The highest BCUT2D eigenvalue weighted by Crippen LogP contribution is 2.14. The van der Waals surface area contributed by atoms with Gasteiger partial charge in [-0.2, -0.15) is 0 Å². The first-order valence-corrected chi connectivity index (χ1v) is 5.54. The topological polar surface area (TPSA) is 87.6 Å². The number of anilines is 2. The van der Waals surface area contributed by atoms with Crippen LogP contribution in [0.5, 0.6) is 0 Å². The van der Waals surface area contributed by atoms with Gasteiger partial charge in [-0.05, 0) is 6.92 Å². The van der Waals surface area contributed by atoms with Crippen LogP contribution in [0.3, 0.4) is 0 Å². The van der Waals surface area contributed by atoms with Crippen LogP contribution in [-0.2, 0) is 9.53 Å². The zero-order valence-electron chi connectivity index (χ0n) is 10.8. The van der Waals surface area contributed by atoms with Gasteiger partial charge in [0.25, 0.3) is 0 Å². The molecular weight excluding hydrogens is 236 g/mol. The zero-order chi connectivity index (χ0) is 13.5. The average Bonchev–Trinajstić information content (AvgIpc) is 2.27. The number of carboxylic acid groups (broad SMARTS) is 1. The number of carboxylic acids is 1. The van der Waals surface area contributed by atoms with Crippen LogP contribution in [0.1, 0.15) is 5.82 Å². The van der Waals surface area contributed by atoms with E-state index in [0.717, 1.165) is 0 Å². The first-order valence-electron chi connectivity index (χ1n) is 5.54. The number of ether oxygens (including phenoxy) is 1. The largest absolute Gasteiger partial charge is 0.480 e. The van der Waals surface area contributed by atoms with Crippen LogP contribution in [0.25, 0.3) is 0 Å². The van der Waals surface area contributed by atoms with Crippen molar-refractivity contribution in [3.05, 3.63) is 11.9 Å². The fraction of sp³-hybridized carbons (Fsp3) is 0.545. The van der Waals surface area contributed by atoms with Crippen molar-refractivity contribution in [3.63, 3.8) is 0 Å². The number of hydrogen-bond acceptors (Lipinski definition) is 6. The number of aryl methyl sites for hydroxylation is 1. The summed E-state index contributed by atoms with van der Waals surface area (Å²) in [6.07, 6.45) is 0. The van der Waals surface area contributed by atoms with Crippen LogP contribution in [0.2, 0.25) is 0 Å². The number of nitrogens with zero attached hydrogens (tertiary/aromatic N) is 3. The van der Waals surface area contributed by atoms with Crippen LogP contribution < -0.4 is 10.2 Å². The Kier molecular flexibility index (Phi) is 5.31. The molecule has 2 N–H and O–H groups in total. The van der Waals surface area contributed by atoms with E-state index in [9.17, 15) is 4.79 Å². The van der Waals surface area contributed by atoms with E-state index in [-0.39, 0.29) is 6.54 Å². The third kappa shape index (κ3) is 4.54. The molecule has 1 aromatic rings. The van der Waals surface area contributed by atoms with E-state index in [1.807, 2.05) is 0 Å². The molecule has 7 nitrogen and oxygen atoms in total. The predicted molar refractivity (Wildman–Crippen MR) is 68.0 cm³/mol. The summed E-state index contributed by atoms with van der Waals surface area (Å²) in [5.74, 6) is 0.920. The van der Waals surface area contributed by atoms with E-state index in [1.54, 1.807) is 32.0 Å². The summed E-state index contributed by atoms with van der Waals surface area (Å²) in [7, 11) is 3.30. The van der Waals surface area contributed by atoms with Crippen molar-refractivity contribution in [1.29, 1.82) is 0 Å². The van der Waals surface area contributed by atoms with Gasteiger partial charge in [-0.15, -0.1) is 0 Å². The molecule has 0 unspecified atom stereocenters. The maximum atomic E-state index is 10.6. The Labute approximate surface area is 106 Å². The molecule has 1 rings (SSSR count). The lowest BCUT2D eigenvalue weighted by atomic mass is 10.4. The second-order valence-electron chi connectivity index (χ2n) is 3.83. The number of aromatic nitrogens is 2. The number of nitrogens with one attached hydrogen (secondary N) is 1. The Morgan fingerprint density at radius 3 is 2.89 bits per heavy atom. The molecule has 0 spiro atoms. The summed E-state index contributed by atoms with van der Waals surface area (Å²) in [5.41, 5.74) is 0. The summed E-state index contributed by atoms with van der Waals surface area (Å²) in [5, 5.41) is 11.8. The molecule has 0 aliphatic heterocycles. The van der Waals surface area contributed by atoms with Crippen molar-refractivity contribution in [1.82, 2.24) is 9.97 Å². The molecular formula is C11H18N4O3. The van der Waals surface area contributed by atoms with Crippen molar-refractivity contribution >= 4 is 17.6 Å². The maximum Gasteiger partial charge on any atom is 0.323 e. The van der Waals surface area contributed by atoms with Gasteiger partial charge in [0.1, 0.15) is 24.0 Å². The molecule has 0 atom stereocenters. The van der Waals surface area contributed by atoms with E-state index >= 15 is 0 Å². The second kappa shape index (κ2) is 6.75. The summed E-state index contributed by atoms with van der Waals surface area (Å²) in [6, 6.07) is 1.71. The van der Waals surface area contributed by atoms with E-state index in [2.05, 4.69) is 15.3 Å². The Hall–Kier alpha value is -1.89. The number of aliphatic carboxylic acids is 1. The second-order valence-corrected chi connectivity index (χ2v) is 3.83. The highest BCUT2D eigenvalue weighted by atomic mass is 16.5. The van der Waals surface area contributed by atoms with Crippen molar-refractivity contribution in [2.24, 2.45) is 0 Å². The van der Waals surface area contributed by atoms with Gasteiger partial charge in [0.05, 0.1) is 6.61 Å². The van der Waals surface area contributed by atoms with Crippen molar-refractivity contribution in [2.45, 2.75) is 6.92 Å². The molecule has 0 saturated heterocycles. The quantitative estimate of drug-likeness (QED) is 0.679. The summed E-state index contributed by atoms with van der Waals surface area (Å²) >= 11 is 0. The van der Waals surface area contributed by atoms with Gasteiger partial charge >= 0.3 is 5.97 Å². The molecule has 0 saturated carbocycles. The SMILES string of the molecule is COCCNc1cc(N(C)CC(=O)O)nc(C)n1. The van der Waals surface area contributed by atoms with Gasteiger partial charge in [0.15, 0.2) is 0 Å². The molecule has 0 radical (unpaired) electrons. The Balaban J connectivity index is 2.76. The third-order valence-electron chi connectivity index (χ3n) is 2.20. The molecule has 100 valence electrons. The minimum Gasteiger partial charge on any atom is -0.480 e. The Morgan fingerprint density at radius 2 is 2.28 bits per heavy atom. The fourth-order valence-electron chi connectivity index (χ4n) is 1.40. The van der Waals surface area contributed by atoms with Gasteiger partial charge < -0.3 is 20.1 Å². The van der Waals surface area contributed by atoms with E-state index in [4.69, 9.17) is 9.84 Å². The molecule has 0 aliphatic rings. The molecule has 1 heterocycles. The molecule has 0 amide bonds. The van der Waals surface area contributed by atoms with Gasteiger partial charge in [-0.3, -0.25) is 4.79 Å². The van der Waals surface area contributed by atoms with Gasteiger partial charge in [0.2, 0.25) is 0 Å². The smallest absolute Gasteiger partial charge is 0.323 e. The molecule has 0 aliphatic carbocycles. The third-order valence-corrected chi connectivity index (χ3v) is 2.20. The lowest BCUT2D eigenvalue weighted by Crippen LogP contribution is -2.26. The average molecular weight is 254 g/mol. The number of methoxy groups -OCH3 is 1. The molecule has 1 aromatic heterocycles. The summed E-state index contributed by atoms with van der Waals surface area (Å²) < 4.78 is 4.93. The highest BCUT2D eigenvalue weighted by molar-refractivity contribution is 5.73. The van der Waals surface area contributed by atoms with Gasteiger partial charge in [-0.25, -0.2) is 9.97 Å². The van der Waals surface area contributed by atoms with Crippen LogP contribution in [0.4, 0.5) is 11.6 Å². The van der Waals surface area contributed by atoms with Crippen LogP contribution in [-0.4, -0.2) is 54.9 Å². The number of likely N-dealkylation sites (N-methyl/N-ethyl adjacent to an activating group) is 1. The Bertz CT molecular complexity index is 411. The van der Waals surface area contributed by atoms with Gasteiger partial charge in [-0.1, -0.05) is 0 Å². The molecule has 18 heavy (non-hydrogen) atoms. The first kappa shape index (κ1) is 14.2. The molecule has 0 bridgehead atoms. The van der Waals surface area contributed by atoms with Gasteiger partial charge in [0, 0.05) is 26.8 Å². The lowest BCUT2D eigenvalue weighted by molar-refractivity contribution is -0.135. The van der Waals surface area contributed by atoms with Crippen molar-refractivity contribution in [3.8, 4) is 0 Å². The van der Waals surface area contributed by atoms with Crippen LogP contribution in [0, 0.1) is 6.92 Å².